The zero-order valence-electron chi connectivity index (χ0n) is 63.9. The monoisotopic (exact) mass is 1440 g/mol. The number of hydrogen-bond donors (Lipinski definition) is 3. The molecule has 0 aliphatic heterocycles. The molecule has 98 heavy (non-hydrogen) atoms. The first-order valence-electron chi connectivity index (χ1n) is 41.1. The number of carbonyl (C=O) groups is 4. The molecule has 0 aromatic rings. The lowest BCUT2D eigenvalue weighted by Crippen LogP contribution is -2.30. The van der Waals surface area contributed by atoms with Gasteiger partial charge in [-0.15, -0.1) is 0 Å². The van der Waals surface area contributed by atoms with E-state index >= 15 is 0 Å². The first kappa shape index (κ1) is 96.1. The largest absolute Gasteiger partial charge is 0.472 e. The van der Waals surface area contributed by atoms with Crippen LogP contribution >= 0.6 is 15.6 Å². The summed E-state index contributed by atoms with van der Waals surface area (Å²) in [5, 5.41) is 10.6. The molecule has 2 unspecified atom stereocenters. The molecule has 19 heteroatoms. The first-order valence-corrected chi connectivity index (χ1v) is 44.1. The van der Waals surface area contributed by atoms with Gasteiger partial charge in [0.25, 0.3) is 0 Å². The van der Waals surface area contributed by atoms with Crippen LogP contribution in [0.25, 0.3) is 0 Å². The summed E-state index contributed by atoms with van der Waals surface area (Å²) in [4.78, 5) is 72.9. The molecule has 0 aromatic carbocycles. The van der Waals surface area contributed by atoms with E-state index in [0.717, 1.165) is 96.3 Å². The van der Waals surface area contributed by atoms with Gasteiger partial charge in [0.2, 0.25) is 0 Å². The first-order chi connectivity index (χ1) is 47.5. The van der Waals surface area contributed by atoms with Gasteiger partial charge in [0.05, 0.1) is 26.4 Å². The van der Waals surface area contributed by atoms with E-state index in [2.05, 4.69) is 34.6 Å². The quantitative estimate of drug-likeness (QED) is 0.0222. The molecule has 0 amide bonds. The number of ether oxygens (including phenoxy) is 4. The maximum atomic E-state index is 13.1. The highest BCUT2D eigenvalue weighted by Gasteiger charge is 2.30. The van der Waals surface area contributed by atoms with Crippen molar-refractivity contribution in [3.63, 3.8) is 0 Å². The van der Waals surface area contributed by atoms with Gasteiger partial charge in [-0.1, -0.05) is 369 Å². The Bertz CT molecular complexity index is 1870. The maximum absolute atomic E-state index is 13.1. The average Bonchev–Trinajstić information content (AvgIpc) is 1.08. The van der Waals surface area contributed by atoms with Crippen molar-refractivity contribution < 1.29 is 80.2 Å². The van der Waals surface area contributed by atoms with Crippen LogP contribution in [-0.2, 0) is 65.4 Å². The van der Waals surface area contributed by atoms with E-state index in [1.807, 2.05) is 0 Å². The van der Waals surface area contributed by atoms with Crippen molar-refractivity contribution in [2.75, 3.05) is 39.6 Å². The molecule has 0 saturated heterocycles. The van der Waals surface area contributed by atoms with E-state index in [1.165, 1.54) is 238 Å². The highest BCUT2D eigenvalue weighted by Crippen LogP contribution is 2.45. The molecule has 0 aromatic heterocycles. The molecule has 0 aliphatic carbocycles. The molecule has 17 nitrogen and oxygen atoms in total. The summed E-state index contributed by atoms with van der Waals surface area (Å²) in [7, 11) is -9.91. The Morgan fingerprint density at radius 1 is 0.276 bits per heavy atom. The summed E-state index contributed by atoms with van der Waals surface area (Å²) < 4.78 is 68.6. The maximum Gasteiger partial charge on any atom is 0.472 e. The molecule has 0 aliphatic rings. The summed E-state index contributed by atoms with van der Waals surface area (Å²) in [5.74, 6) is -1.43. The van der Waals surface area contributed by atoms with Crippen LogP contribution in [-0.4, -0.2) is 96.7 Å². The third-order valence-electron chi connectivity index (χ3n) is 18.5. The van der Waals surface area contributed by atoms with Crippen molar-refractivity contribution in [3.05, 3.63) is 0 Å². The molecule has 3 N–H and O–H groups in total. The van der Waals surface area contributed by atoms with E-state index in [1.54, 1.807) is 0 Å². The second kappa shape index (κ2) is 72.0. The van der Waals surface area contributed by atoms with Crippen LogP contribution in [0.2, 0.25) is 0 Å². The number of hydrogen-bond acceptors (Lipinski definition) is 15. The number of esters is 4. The van der Waals surface area contributed by atoms with Gasteiger partial charge >= 0.3 is 39.5 Å². The van der Waals surface area contributed by atoms with Crippen molar-refractivity contribution in [1.82, 2.24) is 0 Å². The molecule has 0 saturated carbocycles. The molecule has 5 atom stereocenters. The van der Waals surface area contributed by atoms with E-state index in [9.17, 15) is 43.2 Å². The van der Waals surface area contributed by atoms with Crippen LogP contribution in [0.3, 0.4) is 0 Å². The van der Waals surface area contributed by atoms with Crippen molar-refractivity contribution in [2.45, 2.75) is 438 Å². The van der Waals surface area contributed by atoms with Crippen molar-refractivity contribution in [2.24, 2.45) is 5.92 Å². The molecule has 582 valence electrons. The number of aliphatic hydroxyl groups is 1. The number of unbranched alkanes of at least 4 members (excludes halogenated alkanes) is 51. The summed E-state index contributed by atoms with van der Waals surface area (Å²) >= 11 is 0. The fourth-order valence-electron chi connectivity index (χ4n) is 12.2. The van der Waals surface area contributed by atoms with Gasteiger partial charge in [0.1, 0.15) is 19.3 Å². The smallest absolute Gasteiger partial charge is 0.462 e. The van der Waals surface area contributed by atoms with Gasteiger partial charge in [0.15, 0.2) is 12.2 Å². The highest BCUT2D eigenvalue weighted by molar-refractivity contribution is 7.47. The Balaban J connectivity index is 5.22. The predicted molar refractivity (Wildman–Crippen MR) is 400 cm³/mol. The molecule has 0 fully saturated rings. The minimum Gasteiger partial charge on any atom is -0.462 e. The van der Waals surface area contributed by atoms with Gasteiger partial charge in [-0.05, 0) is 31.6 Å². The minimum absolute atomic E-state index is 0.107. The van der Waals surface area contributed by atoms with Crippen LogP contribution in [0, 0.1) is 5.92 Å². The topological polar surface area (TPSA) is 237 Å². The molecule has 0 heterocycles. The number of aliphatic hydroxyl groups excluding tert-OH is 1. The molecular formula is C79H154O17P2. The van der Waals surface area contributed by atoms with Gasteiger partial charge in [0, 0.05) is 25.7 Å². The highest BCUT2D eigenvalue weighted by atomic mass is 31.2. The third-order valence-corrected chi connectivity index (χ3v) is 20.4. The molecule has 0 bridgehead atoms. The van der Waals surface area contributed by atoms with Crippen LogP contribution in [0.5, 0.6) is 0 Å². The Labute approximate surface area is 600 Å². The lowest BCUT2D eigenvalue weighted by molar-refractivity contribution is -0.161. The second-order valence-electron chi connectivity index (χ2n) is 28.9. The predicted octanol–water partition coefficient (Wildman–Crippen LogP) is 23.6. The lowest BCUT2D eigenvalue weighted by atomic mass is 10.0. The standard InChI is InChI=1S/C79H154O17P2/c1-6-9-12-15-18-21-24-27-29-31-32-34-36-39-42-45-48-55-60-65-78(83)95-74(68-89-76(81)62-57-52-46-43-40-38-35-33-30-28-25-22-19-16-13-10-7-2)70-93-97(85,86)91-66-73(80)67-92-98(87,88)94-71-75(69-90-77(82)63-58-53-50-49-51-56-61-72(4)5)96-79(84)64-59-54-47-44-41-37-26-23-20-17-14-11-8-3/h72-75,80H,6-71H2,1-5H3,(H,85,86)(H,87,88)/t73-,74-,75-/m1/s1. The summed E-state index contributed by atoms with van der Waals surface area (Å²) in [6.07, 6.45) is 62.6. The Morgan fingerprint density at radius 3 is 0.694 bits per heavy atom. The van der Waals surface area contributed by atoms with Gasteiger partial charge in [-0.2, -0.15) is 0 Å². The third kappa shape index (κ3) is 72.4. The van der Waals surface area contributed by atoms with Crippen molar-refractivity contribution >= 4 is 39.5 Å². The fourth-order valence-corrected chi connectivity index (χ4v) is 13.8. The van der Waals surface area contributed by atoms with Crippen LogP contribution in [0.4, 0.5) is 0 Å². The Kier molecular flexibility index (Phi) is 70.6. The lowest BCUT2D eigenvalue weighted by Gasteiger charge is -2.21. The Morgan fingerprint density at radius 2 is 0.469 bits per heavy atom. The SMILES string of the molecule is CCCCCCCCCCCCCCCCCCCCCC(=O)O[C@H](COC(=O)CCCCCCCCCCCCCCCCCCC)COP(=O)(O)OC[C@@H](O)COP(=O)(O)OC[C@@H](COC(=O)CCCCCCCCC(C)C)OC(=O)CCCCCCCCCCCCCCC. The van der Waals surface area contributed by atoms with E-state index in [4.69, 9.17) is 37.0 Å². The van der Waals surface area contributed by atoms with E-state index in [-0.39, 0.29) is 25.7 Å². The number of rotatable bonds is 79. The number of carbonyl (C=O) groups excluding carboxylic acids is 4. The minimum atomic E-state index is -4.96. The van der Waals surface area contributed by atoms with E-state index in [0.29, 0.717) is 31.6 Å². The second-order valence-corrected chi connectivity index (χ2v) is 31.8. The normalized spacial score (nSPS) is 13.9. The summed E-state index contributed by atoms with van der Waals surface area (Å²) in [5.41, 5.74) is 0. The summed E-state index contributed by atoms with van der Waals surface area (Å²) in [6, 6.07) is 0. The van der Waals surface area contributed by atoms with Gasteiger partial charge in [-0.25, -0.2) is 9.13 Å². The van der Waals surface area contributed by atoms with Crippen molar-refractivity contribution in [1.29, 1.82) is 0 Å². The molecule has 0 spiro atoms. The van der Waals surface area contributed by atoms with E-state index < -0.39 is 97.5 Å². The molecular weight excluding hydrogens is 1280 g/mol. The van der Waals surface area contributed by atoms with Crippen molar-refractivity contribution in [3.8, 4) is 0 Å². The van der Waals surface area contributed by atoms with Crippen LogP contribution < -0.4 is 0 Å². The van der Waals surface area contributed by atoms with Crippen LogP contribution in [0.1, 0.15) is 420 Å². The van der Waals surface area contributed by atoms with Crippen LogP contribution in [0.15, 0.2) is 0 Å². The zero-order chi connectivity index (χ0) is 71.9. The zero-order valence-corrected chi connectivity index (χ0v) is 65.7. The van der Waals surface area contributed by atoms with Gasteiger partial charge in [-0.3, -0.25) is 37.3 Å². The average molecular weight is 1440 g/mol. The van der Waals surface area contributed by atoms with Gasteiger partial charge < -0.3 is 33.8 Å². The summed E-state index contributed by atoms with van der Waals surface area (Å²) in [6.45, 7) is 7.24. The number of phosphoric ester groups is 2. The number of phosphoric acid groups is 2. The molecule has 0 rings (SSSR count). The molecule has 0 radical (unpaired) electrons. The fraction of sp³-hybridized carbons (Fsp3) is 0.949. The Hall–Kier alpha value is -1.94.